The Morgan fingerprint density at radius 3 is 2.40 bits per heavy atom. The molecule has 25 heavy (non-hydrogen) atoms. The van der Waals surface area contributed by atoms with Crippen molar-refractivity contribution in [2.75, 3.05) is 13.1 Å². The normalized spacial score (nSPS) is 10.4. The number of carbonyl (C=O) groups is 2. The van der Waals surface area contributed by atoms with E-state index in [-0.39, 0.29) is 18.4 Å². The predicted octanol–water partition coefficient (Wildman–Crippen LogP) is 3.36. The molecular weight excluding hydrogens is 336 g/mol. The van der Waals surface area contributed by atoms with E-state index in [2.05, 4.69) is 5.32 Å². The van der Waals surface area contributed by atoms with Crippen molar-refractivity contribution in [3.8, 4) is 0 Å². The highest BCUT2D eigenvalue weighted by Crippen LogP contribution is 2.10. The van der Waals surface area contributed by atoms with Gasteiger partial charge in [-0.2, -0.15) is 0 Å². The molecule has 0 spiro atoms. The minimum atomic E-state index is -0.158. The van der Waals surface area contributed by atoms with Crippen LogP contribution in [-0.4, -0.2) is 29.8 Å². The van der Waals surface area contributed by atoms with Crippen LogP contribution in [0.1, 0.15) is 23.6 Å². The molecule has 132 valence electrons. The van der Waals surface area contributed by atoms with E-state index >= 15 is 0 Å². The number of halogens is 1. The number of benzene rings is 2. The van der Waals surface area contributed by atoms with E-state index in [1.54, 1.807) is 4.90 Å². The summed E-state index contributed by atoms with van der Waals surface area (Å²) >= 11 is 5.87. The number of aryl methyl sites for hydroxylation is 1. The third-order valence-electron chi connectivity index (χ3n) is 4.10. The van der Waals surface area contributed by atoms with Crippen LogP contribution >= 0.6 is 11.6 Å². The average Bonchev–Trinajstić information content (AvgIpc) is 2.59. The highest BCUT2D eigenvalue weighted by atomic mass is 35.5. The first-order chi connectivity index (χ1) is 12.0. The van der Waals surface area contributed by atoms with Crippen molar-refractivity contribution in [1.29, 1.82) is 0 Å². The van der Waals surface area contributed by atoms with Crippen LogP contribution in [-0.2, 0) is 22.6 Å². The van der Waals surface area contributed by atoms with Crippen LogP contribution in [0.15, 0.2) is 48.5 Å². The molecule has 2 aromatic rings. The summed E-state index contributed by atoms with van der Waals surface area (Å²) < 4.78 is 0. The van der Waals surface area contributed by atoms with Crippen LogP contribution in [0.3, 0.4) is 0 Å². The fourth-order valence-electron chi connectivity index (χ4n) is 2.49. The SMILES string of the molecule is CC(=O)N(CCc1ccc(Cl)cc1)CC(=O)NCc1ccccc1C. The van der Waals surface area contributed by atoms with Crippen molar-refractivity contribution < 1.29 is 9.59 Å². The molecule has 0 fully saturated rings. The quantitative estimate of drug-likeness (QED) is 0.825. The number of amides is 2. The second-order valence-electron chi connectivity index (χ2n) is 6.02. The highest BCUT2D eigenvalue weighted by molar-refractivity contribution is 6.30. The van der Waals surface area contributed by atoms with E-state index in [0.717, 1.165) is 16.7 Å². The van der Waals surface area contributed by atoms with Crippen LogP contribution in [0.25, 0.3) is 0 Å². The molecule has 0 atom stereocenters. The van der Waals surface area contributed by atoms with Crippen molar-refractivity contribution in [3.63, 3.8) is 0 Å². The van der Waals surface area contributed by atoms with Crippen molar-refractivity contribution in [3.05, 3.63) is 70.2 Å². The molecule has 2 rings (SSSR count). The van der Waals surface area contributed by atoms with Gasteiger partial charge in [-0.15, -0.1) is 0 Å². The largest absolute Gasteiger partial charge is 0.350 e. The third-order valence-corrected chi connectivity index (χ3v) is 4.35. The summed E-state index contributed by atoms with van der Waals surface area (Å²) in [5.74, 6) is -0.269. The summed E-state index contributed by atoms with van der Waals surface area (Å²) in [6.45, 7) is 4.52. The zero-order chi connectivity index (χ0) is 18.2. The van der Waals surface area contributed by atoms with E-state index in [4.69, 9.17) is 11.6 Å². The molecule has 4 nitrogen and oxygen atoms in total. The van der Waals surface area contributed by atoms with Crippen LogP contribution < -0.4 is 5.32 Å². The lowest BCUT2D eigenvalue weighted by molar-refractivity contribution is -0.134. The van der Waals surface area contributed by atoms with Gasteiger partial charge in [0.25, 0.3) is 0 Å². The standard InChI is InChI=1S/C20H23ClN2O2/c1-15-5-3-4-6-18(15)13-22-20(25)14-23(16(2)24)12-11-17-7-9-19(21)10-8-17/h3-10H,11-14H2,1-2H3,(H,22,25). The van der Waals surface area contributed by atoms with E-state index < -0.39 is 0 Å². The van der Waals surface area contributed by atoms with E-state index in [9.17, 15) is 9.59 Å². The molecule has 5 heteroatoms. The molecule has 0 aliphatic carbocycles. The molecule has 0 unspecified atom stereocenters. The van der Waals surface area contributed by atoms with Gasteiger partial charge in [0.2, 0.25) is 11.8 Å². The molecule has 1 N–H and O–H groups in total. The van der Waals surface area contributed by atoms with E-state index in [0.29, 0.717) is 24.5 Å². The summed E-state index contributed by atoms with van der Waals surface area (Å²) in [5.41, 5.74) is 3.29. The maximum Gasteiger partial charge on any atom is 0.239 e. The maximum absolute atomic E-state index is 12.2. The molecule has 2 amide bonds. The van der Waals surface area contributed by atoms with Gasteiger partial charge in [0, 0.05) is 25.0 Å². The first-order valence-electron chi connectivity index (χ1n) is 8.27. The highest BCUT2D eigenvalue weighted by Gasteiger charge is 2.13. The minimum Gasteiger partial charge on any atom is -0.350 e. The van der Waals surface area contributed by atoms with Crippen LogP contribution in [0.2, 0.25) is 5.02 Å². The first kappa shape index (κ1) is 19.0. The Hall–Kier alpha value is -2.33. The molecule has 0 aliphatic heterocycles. The number of hydrogen-bond donors (Lipinski definition) is 1. The molecule has 0 bridgehead atoms. The van der Waals surface area contributed by atoms with Crippen molar-refractivity contribution >= 4 is 23.4 Å². The van der Waals surface area contributed by atoms with Crippen LogP contribution in [0.5, 0.6) is 0 Å². The van der Waals surface area contributed by atoms with Gasteiger partial charge in [-0.1, -0.05) is 48.0 Å². The predicted molar refractivity (Wildman–Crippen MR) is 100 cm³/mol. The lowest BCUT2D eigenvalue weighted by atomic mass is 10.1. The second kappa shape index (κ2) is 9.23. The van der Waals surface area contributed by atoms with Gasteiger partial charge >= 0.3 is 0 Å². The Morgan fingerprint density at radius 2 is 1.76 bits per heavy atom. The molecule has 2 aromatic carbocycles. The Kier molecular flexibility index (Phi) is 7.02. The fourth-order valence-corrected chi connectivity index (χ4v) is 2.62. The zero-order valence-corrected chi connectivity index (χ0v) is 15.3. The Bertz CT molecular complexity index is 729. The van der Waals surface area contributed by atoms with Gasteiger partial charge in [-0.25, -0.2) is 0 Å². The maximum atomic E-state index is 12.2. The summed E-state index contributed by atoms with van der Waals surface area (Å²) in [5, 5.41) is 3.56. The van der Waals surface area contributed by atoms with Crippen molar-refractivity contribution in [2.24, 2.45) is 0 Å². The Balaban J connectivity index is 1.85. The van der Waals surface area contributed by atoms with E-state index in [1.165, 1.54) is 6.92 Å². The number of hydrogen-bond acceptors (Lipinski definition) is 2. The molecular formula is C20H23ClN2O2. The number of nitrogens with zero attached hydrogens (tertiary/aromatic N) is 1. The van der Waals surface area contributed by atoms with Crippen LogP contribution in [0, 0.1) is 6.92 Å². The lowest BCUT2D eigenvalue weighted by Gasteiger charge is -2.20. The van der Waals surface area contributed by atoms with Gasteiger partial charge < -0.3 is 10.2 Å². The Labute approximate surface area is 153 Å². The van der Waals surface area contributed by atoms with Gasteiger partial charge in [0.15, 0.2) is 0 Å². The number of rotatable bonds is 7. The molecule has 0 aliphatic rings. The summed E-state index contributed by atoms with van der Waals surface area (Å²) in [4.78, 5) is 25.5. The van der Waals surface area contributed by atoms with E-state index in [1.807, 2.05) is 55.5 Å². The molecule has 0 aromatic heterocycles. The molecule has 0 saturated heterocycles. The van der Waals surface area contributed by atoms with Crippen LogP contribution in [0.4, 0.5) is 0 Å². The van der Waals surface area contributed by atoms with Gasteiger partial charge in [-0.3, -0.25) is 9.59 Å². The topological polar surface area (TPSA) is 49.4 Å². The average molecular weight is 359 g/mol. The minimum absolute atomic E-state index is 0.0643. The first-order valence-corrected chi connectivity index (χ1v) is 8.64. The zero-order valence-electron chi connectivity index (χ0n) is 14.6. The third kappa shape index (κ3) is 6.24. The second-order valence-corrected chi connectivity index (χ2v) is 6.46. The monoisotopic (exact) mass is 358 g/mol. The summed E-state index contributed by atoms with van der Waals surface area (Å²) in [7, 11) is 0. The smallest absolute Gasteiger partial charge is 0.239 e. The number of carbonyl (C=O) groups excluding carboxylic acids is 2. The van der Waals surface area contributed by atoms with Crippen molar-refractivity contribution in [2.45, 2.75) is 26.8 Å². The van der Waals surface area contributed by atoms with Gasteiger partial charge in [0.05, 0.1) is 6.54 Å². The lowest BCUT2D eigenvalue weighted by Crippen LogP contribution is -2.40. The summed E-state index contributed by atoms with van der Waals surface area (Å²) in [6, 6.07) is 15.4. The van der Waals surface area contributed by atoms with Gasteiger partial charge in [-0.05, 0) is 42.2 Å². The fraction of sp³-hybridized carbons (Fsp3) is 0.300. The Morgan fingerprint density at radius 1 is 1.08 bits per heavy atom. The number of nitrogens with one attached hydrogen (secondary N) is 1. The molecule has 0 radical (unpaired) electrons. The summed E-state index contributed by atoms with van der Waals surface area (Å²) in [6.07, 6.45) is 0.682. The molecule has 0 saturated carbocycles. The van der Waals surface area contributed by atoms with Crippen molar-refractivity contribution in [1.82, 2.24) is 10.2 Å². The molecule has 0 heterocycles. The van der Waals surface area contributed by atoms with Gasteiger partial charge in [0.1, 0.15) is 0 Å².